The quantitative estimate of drug-likeness (QED) is 0.776. The Labute approximate surface area is 112 Å². The van der Waals surface area contributed by atoms with Crippen LogP contribution in [0.15, 0.2) is 53.2 Å². The molecular formula is C16H16N2O. The van der Waals surface area contributed by atoms with Crippen molar-refractivity contribution in [1.82, 2.24) is 10.3 Å². The van der Waals surface area contributed by atoms with E-state index in [2.05, 4.69) is 28.5 Å². The number of para-hydroxylation sites is 1. The van der Waals surface area contributed by atoms with Gasteiger partial charge < -0.3 is 9.73 Å². The average molecular weight is 252 g/mol. The van der Waals surface area contributed by atoms with E-state index in [0.717, 1.165) is 27.9 Å². The highest BCUT2D eigenvalue weighted by molar-refractivity contribution is 5.77. The van der Waals surface area contributed by atoms with Gasteiger partial charge in [0, 0.05) is 17.8 Å². The maximum Gasteiger partial charge on any atom is 0.134 e. The highest BCUT2D eigenvalue weighted by Gasteiger charge is 2.17. The van der Waals surface area contributed by atoms with E-state index in [1.165, 1.54) is 0 Å². The normalized spacial score (nSPS) is 12.7. The van der Waals surface area contributed by atoms with Gasteiger partial charge in [0.05, 0.1) is 6.04 Å². The van der Waals surface area contributed by atoms with E-state index in [4.69, 9.17) is 4.42 Å². The minimum absolute atomic E-state index is 0.0276. The maximum atomic E-state index is 5.93. The standard InChI is InChI=1S/C16H16N2O/c1-11-7-13(10-18-9-11)16(17-2)15-8-12-5-3-4-6-14(12)19-15/h3-10,16-17H,1-2H3. The first-order valence-corrected chi connectivity index (χ1v) is 6.35. The highest BCUT2D eigenvalue weighted by Crippen LogP contribution is 2.27. The molecule has 19 heavy (non-hydrogen) atoms. The highest BCUT2D eigenvalue weighted by atomic mass is 16.3. The summed E-state index contributed by atoms with van der Waals surface area (Å²) in [6.07, 6.45) is 3.73. The Morgan fingerprint density at radius 3 is 2.74 bits per heavy atom. The summed E-state index contributed by atoms with van der Waals surface area (Å²) in [4.78, 5) is 4.25. The number of nitrogens with zero attached hydrogens (tertiary/aromatic N) is 1. The van der Waals surface area contributed by atoms with E-state index < -0.39 is 0 Å². The molecule has 0 bridgehead atoms. The van der Waals surface area contributed by atoms with Gasteiger partial charge in [0.15, 0.2) is 0 Å². The molecule has 0 saturated heterocycles. The van der Waals surface area contributed by atoms with Crippen LogP contribution in [0.5, 0.6) is 0 Å². The zero-order valence-corrected chi connectivity index (χ0v) is 11.1. The Morgan fingerprint density at radius 1 is 1.16 bits per heavy atom. The number of pyridine rings is 1. The van der Waals surface area contributed by atoms with Crippen molar-refractivity contribution in [3.8, 4) is 0 Å². The Kier molecular flexibility index (Phi) is 3.05. The van der Waals surface area contributed by atoms with Crippen molar-refractivity contribution in [3.05, 3.63) is 65.7 Å². The Hall–Kier alpha value is -2.13. The first-order chi connectivity index (χ1) is 9.28. The van der Waals surface area contributed by atoms with E-state index in [0.29, 0.717) is 0 Å². The van der Waals surface area contributed by atoms with Crippen LogP contribution in [0.3, 0.4) is 0 Å². The molecule has 3 nitrogen and oxygen atoms in total. The third-order valence-corrected chi connectivity index (χ3v) is 3.25. The lowest BCUT2D eigenvalue weighted by Gasteiger charge is -2.13. The topological polar surface area (TPSA) is 38.1 Å². The number of nitrogens with one attached hydrogen (secondary N) is 1. The van der Waals surface area contributed by atoms with Gasteiger partial charge in [-0.2, -0.15) is 0 Å². The van der Waals surface area contributed by atoms with Gasteiger partial charge >= 0.3 is 0 Å². The molecule has 1 aromatic carbocycles. The Morgan fingerprint density at radius 2 is 2.00 bits per heavy atom. The third kappa shape index (κ3) is 2.25. The minimum atomic E-state index is 0.0276. The number of hydrogen-bond donors (Lipinski definition) is 1. The number of fused-ring (bicyclic) bond motifs is 1. The lowest BCUT2D eigenvalue weighted by molar-refractivity contribution is 0.491. The molecule has 2 aromatic heterocycles. The smallest absolute Gasteiger partial charge is 0.134 e. The van der Waals surface area contributed by atoms with Crippen LogP contribution < -0.4 is 5.32 Å². The largest absolute Gasteiger partial charge is 0.459 e. The van der Waals surface area contributed by atoms with E-state index in [1.54, 1.807) is 0 Å². The summed E-state index contributed by atoms with van der Waals surface area (Å²) in [6.45, 7) is 2.04. The molecule has 1 unspecified atom stereocenters. The van der Waals surface area contributed by atoms with Crippen molar-refractivity contribution < 1.29 is 4.42 Å². The number of benzene rings is 1. The van der Waals surface area contributed by atoms with Crippen LogP contribution in [0.4, 0.5) is 0 Å². The summed E-state index contributed by atoms with van der Waals surface area (Å²) < 4.78 is 5.93. The first-order valence-electron chi connectivity index (χ1n) is 6.35. The second-order valence-corrected chi connectivity index (χ2v) is 4.70. The van der Waals surface area contributed by atoms with E-state index in [1.807, 2.05) is 44.6 Å². The Bertz CT molecular complexity index is 670. The molecule has 2 heterocycles. The number of furan rings is 1. The summed E-state index contributed by atoms with van der Waals surface area (Å²) in [5.41, 5.74) is 3.17. The SMILES string of the molecule is CNC(c1cncc(C)c1)c1cc2ccccc2o1. The Balaban J connectivity index is 2.06. The molecule has 96 valence electrons. The molecule has 1 N–H and O–H groups in total. The molecule has 0 aliphatic rings. The summed E-state index contributed by atoms with van der Waals surface area (Å²) in [6, 6.07) is 12.3. The molecular weight excluding hydrogens is 236 g/mol. The molecule has 0 aliphatic heterocycles. The van der Waals surface area contributed by atoms with Crippen LogP contribution in [0, 0.1) is 6.92 Å². The molecule has 0 aliphatic carbocycles. The summed E-state index contributed by atoms with van der Waals surface area (Å²) in [5, 5.41) is 4.41. The van der Waals surface area contributed by atoms with Gasteiger partial charge in [-0.15, -0.1) is 0 Å². The van der Waals surface area contributed by atoms with Crippen molar-refractivity contribution in [1.29, 1.82) is 0 Å². The second-order valence-electron chi connectivity index (χ2n) is 4.70. The van der Waals surface area contributed by atoms with E-state index in [9.17, 15) is 0 Å². The first kappa shape index (κ1) is 11.9. The molecule has 0 amide bonds. The van der Waals surface area contributed by atoms with E-state index >= 15 is 0 Å². The molecule has 3 aromatic rings. The molecule has 0 spiro atoms. The average Bonchev–Trinajstić information content (AvgIpc) is 2.83. The van der Waals surface area contributed by atoms with Gasteiger partial charge in [0.1, 0.15) is 11.3 Å². The summed E-state index contributed by atoms with van der Waals surface area (Å²) in [7, 11) is 1.93. The van der Waals surface area contributed by atoms with Crippen LogP contribution in [-0.2, 0) is 0 Å². The number of rotatable bonds is 3. The van der Waals surface area contributed by atoms with Crippen molar-refractivity contribution in [3.63, 3.8) is 0 Å². The van der Waals surface area contributed by atoms with Crippen LogP contribution >= 0.6 is 0 Å². The van der Waals surface area contributed by atoms with Gasteiger partial charge in [-0.05, 0) is 37.2 Å². The van der Waals surface area contributed by atoms with Gasteiger partial charge in [0.25, 0.3) is 0 Å². The van der Waals surface area contributed by atoms with Crippen LogP contribution in [0.2, 0.25) is 0 Å². The van der Waals surface area contributed by atoms with Crippen molar-refractivity contribution in [2.45, 2.75) is 13.0 Å². The second kappa shape index (κ2) is 4.86. The lowest BCUT2D eigenvalue weighted by Crippen LogP contribution is -2.17. The van der Waals surface area contributed by atoms with Crippen molar-refractivity contribution in [2.24, 2.45) is 0 Å². The molecule has 1 atom stereocenters. The van der Waals surface area contributed by atoms with Crippen LogP contribution in [-0.4, -0.2) is 12.0 Å². The third-order valence-electron chi connectivity index (χ3n) is 3.25. The summed E-state index contributed by atoms with van der Waals surface area (Å²) >= 11 is 0. The van der Waals surface area contributed by atoms with E-state index in [-0.39, 0.29) is 6.04 Å². The van der Waals surface area contributed by atoms with Crippen LogP contribution in [0.1, 0.15) is 22.9 Å². The molecule has 3 heteroatoms. The molecule has 3 rings (SSSR count). The fourth-order valence-electron chi connectivity index (χ4n) is 2.35. The van der Waals surface area contributed by atoms with Crippen molar-refractivity contribution >= 4 is 11.0 Å². The fourth-order valence-corrected chi connectivity index (χ4v) is 2.35. The van der Waals surface area contributed by atoms with Gasteiger partial charge in [-0.1, -0.05) is 24.3 Å². The zero-order chi connectivity index (χ0) is 13.2. The zero-order valence-electron chi connectivity index (χ0n) is 11.1. The van der Waals surface area contributed by atoms with Gasteiger partial charge in [0.2, 0.25) is 0 Å². The number of aromatic nitrogens is 1. The predicted octanol–water partition coefficient (Wildman–Crippen LogP) is 3.45. The number of hydrogen-bond acceptors (Lipinski definition) is 3. The maximum absolute atomic E-state index is 5.93. The molecule has 0 saturated carbocycles. The van der Waals surface area contributed by atoms with Gasteiger partial charge in [-0.3, -0.25) is 4.98 Å². The lowest BCUT2D eigenvalue weighted by atomic mass is 10.1. The van der Waals surface area contributed by atoms with Crippen LogP contribution in [0.25, 0.3) is 11.0 Å². The molecule has 0 radical (unpaired) electrons. The number of aryl methyl sites for hydroxylation is 1. The summed E-state index contributed by atoms with van der Waals surface area (Å²) in [5.74, 6) is 0.913. The van der Waals surface area contributed by atoms with Gasteiger partial charge in [-0.25, -0.2) is 0 Å². The molecule has 0 fully saturated rings. The van der Waals surface area contributed by atoms with Crippen molar-refractivity contribution in [2.75, 3.05) is 7.05 Å². The fraction of sp³-hybridized carbons (Fsp3) is 0.188. The minimum Gasteiger partial charge on any atom is -0.459 e. The predicted molar refractivity (Wildman–Crippen MR) is 76.1 cm³/mol. The monoisotopic (exact) mass is 252 g/mol.